The number of hydrogen-bond acceptors (Lipinski definition) is 1. The van der Waals surface area contributed by atoms with Crippen LogP contribution in [0.3, 0.4) is 0 Å². The van der Waals surface area contributed by atoms with E-state index in [1.165, 1.54) is 0 Å². The number of amides is 1. The Kier molecular flexibility index (Phi) is 4.63. The average Bonchev–Trinajstić information content (AvgIpc) is 2.16. The molecule has 0 heterocycles. The lowest BCUT2D eigenvalue weighted by molar-refractivity contribution is -0.116. The molecule has 0 aliphatic carbocycles. The van der Waals surface area contributed by atoms with E-state index >= 15 is 0 Å². The van der Waals surface area contributed by atoms with Crippen molar-refractivity contribution < 1.29 is 4.79 Å². The largest absolute Gasteiger partial charge is 0.326 e. The second kappa shape index (κ2) is 5.76. The van der Waals surface area contributed by atoms with Crippen molar-refractivity contribution in [2.75, 3.05) is 5.32 Å². The second-order valence-corrected chi connectivity index (χ2v) is 4.25. The highest BCUT2D eigenvalue weighted by Crippen LogP contribution is 2.13. The lowest BCUT2D eigenvalue weighted by atomic mass is 10.1. The van der Waals surface area contributed by atoms with Gasteiger partial charge in [0.25, 0.3) is 0 Å². The first-order valence-electron chi connectivity index (χ1n) is 5.06. The van der Waals surface area contributed by atoms with Crippen LogP contribution < -0.4 is 5.32 Å². The molecule has 15 heavy (non-hydrogen) atoms. The second-order valence-electron chi connectivity index (χ2n) is 3.98. The molecule has 0 unspecified atom stereocenters. The van der Waals surface area contributed by atoms with Crippen LogP contribution in [0.25, 0.3) is 0 Å². The zero-order valence-electron chi connectivity index (χ0n) is 9.09. The lowest BCUT2D eigenvalue weighted by Gasteiger charge is -2.07. The summed E-state index contributed by atoms with van der Waals surface area (Å²) < 4.78 is 0. The van der Waals surface area contributed by atoms with E-state index in [1.807, 2.05) is 38.1 Å². The number of rotatable bonds is 4. The first-order chi connectivity index (χ1) is 7.11. The maximum atomic E-state index is 11.5. The molecule has 0 aliphatic heterocycles. The summed E-state index contributed by atoms with van der Waals surface area (Å²) >= 11 is 5.71. The molecule has 0 saturated heterocycles. The maximum Gasteiger partial charge on any atom is 0.224 e. The lowest BCUT2D eigenvalue weighted by Crippen LogP contribution is -2.13. The summed E-state index contributed by atoms with van der Waals surface area (Å²) in [5, 5.41) is 2.85. The van der Waals surface area contributed by atoms with E-state index in [9.17, 15) is 4.79 Å². The van der Waals surface area contributed by atoms with Gasteiger partial charge in [0.05, 0.1) is 0 Å². The fourth-order valence-electron chi connectivity index (χ4n) is 1.32. The first kappa shape index (κ1) is 12.1. The third-order valence-electron chi connectivity index (χ3n) is 1.96. The fourth-order valence-corrected chi connectivity index (χ4v) is 1.48. The minimum absolute atomic E-state index is 0.0525. The highest BCUT2D eigenvalue weighted by molar-refractivity contribution is 6.17. The molecule has 2 nitrogen and oxygen atoms in total. The van der Waals surface area contributed by atoms with Gasteiger partial charge in [0.2, 0.25) is 5.91 Å². The predicted octanol–water partition coefficient (Wildman–Crippen LogP) is 3.41. The normalized spacial score (nSPS) is 10.4. The van der Waals surface area contributed by atoms with Gasteiger partial charge in [-0.05, 0) is 23.6 Å². The minimum atomic E-state index is 0.0525. The summed E-state index contributed by atoms with van der Waals surface area (Å²) in [5.74, 6) is 0.895. The molecule has 1 aromatic rings. The van der Waals surface area contributed by atoms with Gasteiger partial charge in [0, 0.05) is 18.0 Å². The van der Waals surface area contributed by atoms with Crippen molar-refractivity contribution in [3.8, 4) is 0 Å². The average molecular weight is 226 g/mol. The number of halogens is 1. The highest BCUT2D eigenvalue weighted by Gasteiger charge is 2.05. The number of carbonyl (C=O) groups is 1. The van der Waals surface area contributed by atoms with Crippen molar-refractivity contribution in [1.29, 1.82) is 0 Å². The van der Waals surface area contributed by atoms with Gasteiger partial charge in [0.15, 0.2) is 0 Å². The molecule has 3 heteroatoms. The molecule has 1 rings (SSSR count). The molecule has 0 aliphatic rings. The fraction of sp³-hybridized carbons (Fsp3) is 0.417. The molecule has 0 aromatic heterocycles. The van der Waals surface area contributed by atoms with Crippen LogP contribution >= 0.6 is 11.6 Å². The Bertz CT molecular complexity index is 336. The van der Waals surface area contributed by atoms with Crippen LogP contribution in [-0.2, 0) is 10.7 Å². The molecule has 0 saturated carbocycles. The van der Waals surface area contributed by atoms with Crippen LogP contribution in [0.4, 0.5) is 5.69 Å². The molecule has 0 fully saturated rings. The van der Waals surface area contributed by atoms with Crippen LogP contribution in [0.2, 0.25) is 0 Å². The summed E-state index contributed by atoms with van der Waals surface area (Å²) in [6.45, 7) is 4.05. The van der Waals surface area contributed by atoms with Crippen molar-refractivity contribution in [3.63, 3.8) is 0 Å². The number of carbonyl (C=O) groups excluding carboxylic acids is 1. The number of alkyl halides is 1. The Morgan fingerprint density at radius 2 is 2.20 bits per heavy atom. The standard InChI is InChI=1S/C12H16ClNO/c1-9(2)6-12(15)14-11-5-3-4-10(7-11)8-13/h3-5,7,9H,6,8H2,1-2H3,(H,14,15). The van der Waals surface area contributed by atoms with Crippen LogP contribution in [0.1, 0.15) is 25.8 Å². The van der Waals surface area contributed by atoms with E-state index in [0.29, 0.717) is 18.2 Å². The van der Waals surface area contributed by atoms with Crippen molar-refractivity contribution in [3.05, 3.63) is 29.8 Å². The summed E-state index contributed by atoms with van der Waals surface area (Å²) in [6.07, 6.45) is 0.547. The third kappa shape index (κ3) is 4.34. The van der Waals surface area contributed by atoms with Crippen molar-refractivity contribution in [2.24, 2.45) is 5.92 Å². The third-order valence-corrected chi connectivity index (χ3v) is 2.27. The Hall–Kier alpha value is -1.02. The van der Waals surface area contributed by atoms with Crippen molar-refractivity contribution in [2.45, 2.75) is 26.1 Å². The highest BCUT2D eigenvalue weighted by atomic mass is 35.5. The van der Waals surface area contributed by atoms with Crippen LogP contribution in [-0.4, -0.2) is 5.91 Å². The van der Waals surface area contributed by atoms with E-state index in [1.54, 1.807) is 0 Å². The summed E-state index contributed by atoms with van der Waals surface area (Å²) in [6, 6.07) is 7.59. The number of anilines is 1. The van der Waals surface area contributed by atoms with E-state index in [-0.39, 0.29) is 5.91 Å². The molecule has 0 atom stereocenters. The first-order valence-corrected chi connectivity index (χ1v) is 5.60. The van der Waals surface area contributed by atoms with Gasteiger partial charge in [-0.2, -0.15) is 0 Å². The van der Waals surface area contributed by atoms with Crippen LogP contribution in [0.15, 0.2) is 24.3 Å². The molecule has 1 amide bonds. The van der Waals surface area contributed by atoms with Gasteiger partial charge < -0.3 is 5.32 Å². The van der Waals surface area contributed by atoms with Gasteiger partial charge in [-0.25, -0.2) is 0 Å². The van der Waals surface area contributed by atoms with Gasteiger partial charge in [-0.3, -0.25) is 4.79 Å². The summed E-state index contributed by atoms with van der Waals surface area (Å²) in [4.78, 5) is 11.5. The van der Waals surface area contributed by atoms with Crippen molar-refractivity contribution in [1.82, 2.24) is 0 Å². The monoisotopic (exact) mass is 225 g/mol. The molecule has 1 aromatic carbocycles. The minimum Gasteiger partial charge on any atom is -0.326 e. The SMILES string of the molecule is CC(C)CC(=O)Nc1cccc(CCl)c1. The van der Waals surface area contributed by atoms with E-state index in [0.717, 1.165) is 11.3 Å². The Morgan fingerprint density at radius 3 is 2.80 bits per heavy atom. The molecule has 82 valence electrons. The molecule has 0 bridgehead atoms. The van der Waals surface area contributed by atoms with Gasteiger partial charge >= 0.3 is 0 Å². The van der Waals surface area contributed by atoms with Crippen molar-refractivity contribution >= 4 is 23.2 Å². The zero-order chi connectivity index (χ0) is 11.3. The predicted molar refractivity (Wildman–Crippen MR) is 64.1 cm³/mol. The number of benzene rings is 1. The topological polar surface area (TPSA) is 29.1 Å². The van der Waals surface area contributed by atoms with E-state index in [2.05, 4.69) is 5.32 Å². The summed E-state index contributed by atoms with van der Waals surface area (Å²) in [7, 11) is 0. The zero-order valence-corrected chi connectivity index (χ0v) is 9.84. The molecule has 1 N–H and O–H groups in total. The molecule has 0 radical (unpaired) electrons. The molecular weight excluding hydrogens is 210 g/mol. The number of nitrogens with one attached hydrogen (secondary N) is 1. The number of hydrogen-bond donors (Lipinski definition) is 1. The van der Waals surface area contributed by atoms with E-state index < -0.39 is 0 Å². The molecule has 0 spiro atoms. The van der Waals surface area contributed by atoms with Crippen LogP contribution in [0, 0.1) is 5.92 Å². The Balaban J connectivity index is 2.60. The maximum absolute atomic E-state index is 11.5. The van der Waals surface area contributed by atoms with Gasteiger partial charge in [-0.15, -0.1) is 11.6 Å². The smallest absolute Gasteiger partial charge is 0.224 e. The van der Waals surface area contributed by atoms with Gasteiger partial charge in [0.1, 0.15) is 0 Å². The Morgan fingerprint density at radius 1 is 1.47 bits per heavy atom. The van der Waals surface area contributed by atoms with Gasteiger partial charge in [-0.1, -0.05) is 26.0 Å². The van der Waals surface area contributed by atoms with Crippen LogP contribution in [0.5, 0.6) is 0 Å². The Labute approximate surface area is 95.6 Å². The summed E-state index contributed by atoms with van der Waals surface area (Å²) in [5.41, 5.74) is 1.83. The molecular formula is C12H16ClNO. The quantitative estimate of drug-likeness (QED) is 0.782. The van der Waals surface area contributed by atoms with E-state index in [4.69, 9.17) is 11.6 Å².